The van der Waals surface area contributed by atoms with Gasteiger partial charge in [0.1, 0.15) is 5.75 Å². The van der Waals surface area contributed by atoms with Gasteiger partial charge in [-0.1, -0.05) is 77.9 Å². The third kappa shape index (κ3) is 5.14. The minimum absolute atomic E-state index is 0.0249. The maximum Gasteiger partial charge on any atom is 0.131 e. The maximum absolute atomic E-state index is 6.15. The van der Waals surface area contributed by atoms with Gasteiger partial charge < -0.3 is 4.74 Å². The van der Waals surface area contributed by atoms with Crippen molar-refractivity contribution < 1.29 is 4.74 Å². The first-order valence-corrected chi connectivity index (χ1v) is 10.4. The van der Waals surface area contributed by atoms with Crippen molar-refractivity contribution in [3.8, 4) is 5.75 Å². The quantitative estimate of drug-likeness (QED) is 0.402. The van der Waals surface area contributed by atoms with Gasteiger partial charge in [0.25, 0.3) is 0 Å². The van der Waals surface area contributed by atoms with E-state index in [2.05, 4.69) is 65.8 Å². The van der Waals surface area contributed by atoms with Crippen molar-refractivity contribution in [3.63, 3.8) is 0 Å². The molecule has 27 heavy (non-hydrogen) atoms. The normalized spacial score (nSPS) is 13.4. The van der Waals surface area contributed by atoms with Gasteiger partial charge in [-0.25, -0.2) is 0 Å². The lowest BCUT2D eigenvalue weighted by Gasteiger charge is -2.29. The fraction of sp³-hybridized carbons (Fsp3) is 0.417. The Kier molecular flexibility index (Phi) is 6.81. The molecule has 0 bridgehead atoms. The zero-order valence-corrected chi connectivity index (χ0v) is 19.3. The standard InChI is InChI=1S/C24H32OS2/c1-8-25-20-18(22(27)21(26)16-12-10-9-11-13-16)14-17(23(2,3)4)15-19(20)24(5,6)7/h9-15,26-27H,8H2,1-7H3. The minimum Gasteiger partial charge on any atom is -0.493 e. The van der Waals surface area contributed by atoms with Gasteiger partial charge in [-0.05, 0) is 34.9 Å². The summed E-state index contributed by atoms with van der Waals surface area (Å²) in [5, 5.41) is 0. The lowest BCUT2D eigenvalue weighted by Crippen LogP contribution is -2.19. The van der Waals surface area contributed by atoms with E-state index in [0.717, 1.165) is 26.7 Å². The summed E-state index contributed by atoms with van der Waals surface area (Å²) in [5.74, 6) is 0.908. The molecule has 2 aromatic carbocycles. The molecule has 146 valence electrons. The molecule has 0 aromatic heterocycles. The third-order valence-corrected chi connectivity index (χ3v) is 5.70. The molecular weight excluding hydrogens is 368 g/mol. The second kappa shape index (κ2) is 8.36. The zero-order valence-electron chi connectivity index (χ0n) is 17.6. The molecule has 0 atom stereocenters. The third-order valence-electron chi connectivity index (χ3n) is 4.58. The Hall–Kier alpha value is -1.32. The first-order valence-electron chi connectivity index (χ1n) is 9.46. The Bertz CT molecular complexity index is 822. The van der Waals surface area contributed by atoms with Gasteiger partial charge in [0, 0.05) is 20.9 Å². The van der Waals surface area contributed by atoms with Crippen molar-refractivity contribution in [1.29, 1.82) is 0 Å². The summed E-state index contributed by atoms with van der Waals surface area (Å²) in [6, 6.07) is 14.6. The van der Waals surface area contributed by atoms with Crippen LogP contribution in [0, 0.1) is 0 Å². The molecule has 0 fully saturated rings. The first-order chi connectivity index (χ1) is 12.5. The molecule has 0 saturated carbocycles. The highest BCUT2D eigenvalue weighted by atomic mass is 32.1. The second-order valence-corrected chi connectivity index (χ2v) is 9.79. The Balaban J connectivity index is 2.84. The molecule has 0 amide bonds. The molecule has 0 heterocycles. The number of thiol groups is 2. The van der Waals surface area contributed by atoms with E-state index >= 15 is 0 Å². The molecular formula is C24H32OS2. The summed E-state index contributed by atoms with van der Waals surface area (Å²) in [6.45, 7) is 16.0. The van der Waals surface area contributed by atoms with E-state index in [-0.39, 0.29) is 10.8 Å². The smallest absolute Gasteiger partial charge is 0.131 e. The van der Waals surface area contributed by atoms with Crippen molar-refractivity contribution in [2.45, 2.75) is 59.3 Å². The van der Waals surface area contributed by atoms with Gasteiger partial charge in [0.2, 0.25) is 0 Å². The maximum atomic E-state index is 6.15. The van der Waals surface area contributed by atoms with Crippen LogP contribution in [0.1, 0.15) is 70.7 Å². The van der Waals surface area contributed by atoms with Gasteiger partial charge in [-0.2, -0.15) is 0 Å². The Morgan fingerprint density at radius 3 is 1.93 bits per heavy atom. The van der Waals surface area contributed by atoms with Crippen LogP contribution in [0.2, 0.25) is 0 Å². The molecule has 0 unspecified atom stereocenters. The average Bonchev–Trinajstić information content (AvgIpc) is 2.59. The van der Waals surface area contributed by atoms with Crippen LogP contribution in [0.3, 0.4) is 0 Å². The van der Waals surface area contributed by atoms with Crippen LogP contribution >= 0.6 is 25.3 Å². The summed E-state index contributed by atoms with van der Waals surface area (Å²) in [7, 11) is 0. The van der Waals surface area contributed by atoms with Gasteiger partial charge in [0.05, 0.1) is 6.61 Å². The Morgan fingerprint density at radius 1 is 0.852 bits per heavy atom. The Morgan fingerprint density at radius 2 is 1.44 bits per heavy atom. The van der Waals surface area contributed by atoms with E-state index in [1.54, 1.807) is 0 Å². The summed E-state index contributed by atoms with van der Waals surface area (Å²) in [6.07, 6.45) is 0. The SMILES string of the molecule is CCOc1c(C(S)=C(S)c2ccccc2)cc(C(C)(C)C)cc1C(C)(C)C. The van der Waals surface area contributed by atoms with E-state index < -0.39 is 0 Å². The molecule has 2 aromatic rings. The first kappa shape index (κ1) is 22.0. The monoisotopic (exact) mass is 400 g/mol. The molecule has 0 N–H and O–H groups in total. The summed E-state index contributed by atoms with van der Waals surface area (Å²) in [5.41, 5.74) is 4.51. The highest BCUT2D eigenvalue weighted by molar-refractivity contribution is 7.96. The van der Waals surface area contributed by atoms with Gasteiger partial charge in [-0.3, -0.25) is 0 Å². The van der Waals surface area contributed by atoms with Gasteiger partial charge >= 0.3 is 0 Å². The van der Waals surface area contributed by atoms with E-state index in [1.807, 2.05) is 25.1 Å². The van der Waals surface area contributed by atoms with Gasteiger partial charge in [-0.15, -0.1) is 25.3 Å². The summed E-state index contributed by atoms with van der Waals surface area (Å²) in [4.78, 5) is 1.69. The molecule has 0 radical (unpaired) electrons. The number of ether oxygens (including phenoxy) is 1. The van der Waals surface area contributed by atoms with Crippen molar-refractivity contribution in [3.05, 3.63) is 64.7 Å². The minimum atomic E-state index is -0.0436. The van der Waals surface area contributed by atoms with Crippen LogP contribution < -0.4 is 4.74 Å². The summed E-state index contributed by atoms with van der Waals surface area (Å²) < 4.78 is 6.15. The number of hydrogen-bond acceptors (Lipinski definition) is 3. The van der Waals surface area contributed by atoms with Crippen LogP contribution in [0.5, 0.6) is 5.75 Å². The molecule has 0 aliphatic carbocycles. The van der Waals surface area contributed by atoms with Crippen LogP contribution in [-0.2, 0) is 10.8 Å². The molecule has 0 aliphatic heterocycles. The fourth-order valence-electron chi connectivity index (χ4n) is 2.96. The number of rotatable bonds is 4. The highest BCUT2D eigenvalue weighted by Crippen LogP contribution is 2.44. The summed E-state index contributed by atoms with van der Waals surface area (Å²) >= 11 is 9.70. The number of hydrogen-bond donors (Lipinski definition) is 2. The predicted octanol–water partition coefficient (Wildman–Crippen LogP) is 7.37. The van der Waals surface area contributed by atoms with E-state index in [0.29, 0.717) is 6.61 Å². The van der Waals surface area contributed by atoms with E-state index in [9.17, 15) is 0 Å². The fourth-order valence-corrected chi connectivity index (χ4v) is 3.52. The molecule has 0 spiro atoms. The van der Waals surface area contributed by atoms with Crippen LogP contribution in [0.15, 0.2) is 42.5 Å². The lowest BCUT2D eigenvalue weighted by molar-refractivity contribution is 0.328. The molecule has 3 heteroatoms. The lowest BCUT2D eigenvalue weighted by atomic mass is 9.78. The molecule has 2 rings (SSSR count). The second-order valence-electron chi connectivity index (χ2n) is 8.90. The molecule has 1 nitrogen and oxygen atoms in total. The van der Waals surface area contributed by atoms with Crippen LogP contribution in [0.4, 0.5) is 0 Å². The van der Waals surface area contributed by atoms with Crippen molar-refractivity contribution in [1.82, 2.24) is 0 Å². The van der Waals surface area contributed by atoms with E-state index in [1.165, 1.54) is 11.1 Å². The van der Waals surface area contributed by atoms with Crippen molar-refractivity contribution >= 4 is 35.1 Å². The average molecular weight is 401 g/mol. The van der Waals surface area contributed by atoms with Crippen LogP contribution in [-0.4, -0.2) is 6.61 Å². The largest absolute Gasteiger partial charge is 0.493 e. The van der Waals surface area contributed by atoms with Crippen LogP contribution in [0.25, 0.3) is 9.81 Å². The topological polar surface area (TPSA) is 9.23 Å². The van der Waals surface area contributed by atoms with E-state index in [4.69, 9.17) is 30.0 Å². The van der Waals surface area contributed by atoms with Gasteiger partial charge in [0.15, 0.2) is 0 Å². The Labute approximate surface area is 176 Å². The zero-order chi connectivity index (χ0) is 20.4. The molecule has 0 aliphatic rings. The molecule has 0 saturated heterocycles. The number of benzene rings is 2. The van der Waals surface area contributed by atoms with Crippen molar-refractivity contribution in [2.75, 3.05) is 6.61 Å². The van der Waals surface area contributed by atoms with Crippen molar-refractivity contribution in [2.24, 2.45) is 0 Å². The highest BCUT2D eigenvalue weighted by Gasteiger charge is 2.27. The predicted molar refractivity (Wildman–Crippen MR) is 126 cm³/mol.